The van der Waals surface area contributed by atoms with Crippen LogP contribution >= 0.6 is 0 Å². The van der Waals surface area contributed by atoms with Crippen molar-refractivity contribution in [1.82, 2.24) is 4.90 Å². The molecule has 0 aromatic carbocycles. The summed E-state index contributed by atoms with van der Waals surface area (Å²) in [5.41, 5.74) is 5.30. The van der Waals surface area contributed by atoms with Gasteiger partial charge >= 0.3 is 0 Å². The summed E-state index contributed by atoms with van der Waals surface area (Å²) in [4.78, 5) is 2.25. The van der Waals surface area contributed by atoms with Gasteiger partial charge in [-0.15, -0.1) is 0 Å². The molecule has 1 saturated heterocycles. The Kier molecular flexibility index (Phi) is 3.29. The van der Waals surface area contributed by atoms with Crippen LogP contribution in [0.15, 0.2) is 0 Å². The first-order valence-electron chi connectivity index (χ1n) is 4.96. The van der Waals surface area contributed by atoms with E-state index in [0.29, 0.717) is 5.92 Å². The molecule has 13 heavy (non-hydrogen) atoms. The highest BCUT2D eigenvalue weighted by Crippen LogP contribution is 2.22. The molecule has 0 aromatic rings. The van der Waals surface area contributed by atoms with Gasteiger partial charge in [-0.05, 0) is 52.2 Å². The molecule has 1 rings (SSSR count). The van der Waals surface area contributed by atoms with E-state index in [4.69, 9.17) is 11.0 Å². The molecule has 0 spiro atoms. The van der Waals surface area contributed by atoms with Crippen LogP contribution in [0.2, 0.25) is 0 Å². The summed E-state index contributed by atoms with van der Waals surface area (Å²) < 4.78 is 0. The van der Waals surface area contributed by atoms with E-state index in [1.807, 2.05) is 13.8 Å². The first-order valence-corrected chi connectivity index (χ1v) is 4.96. The van der Waals surface area contributed by atoms with Crippen LogP contribution in [0, 0.1) is 17.2 Å². The molecule has 1 fully saturated rings. The Labute approximate surface area is 80.5 Å². The minimum Gasteiger partial charge on any atom is -0.330 e. The predicted octanol–water partition coefficient (Wildman–Crippen LogP) is 0.959. The number of hydrogen-bond donors (Lipinski definition) is 1. The molecule has 3 heteroatoms. The Morgan fingerprint density at radius 1 is 1.46 bits per heavy atom. The fraction of sp³-hybridized carbons (Fsp3) is 0.900. The summed E-state index contributed by atoms with van der Waals surface area (Å²) in [5, 5.41) is 8.95. The maximum absolute atomic E-state index is 8.95. The van der Waals surface area contributed by atoms with Gasteiger partial charge in [0.1, 0.15) is 5.54 Å². The molecule has 0 unspecified atom stereocenters. The normalized spacial score (nSPS) is 21.4. The van der Waals surface area contributed by atoms with Crippen LogP contribution in [0.4, 0.5) is 0 Å². The fourth-order valence-corrected chi connectivity index (χ4v) is 1.80. The maximum Gasteiger partial charge on any atom is 0.103 e. The highest BCUT2D eigenvalue weighted by molar-refractivity contribution is 5.02. The number of nitriles is 1. The zero-order valence-corrected chi connectivity index (χ0v) is 8.58. The lowest BCUT2D eigenvalue weighted by Crippen LogP contribution is -2.47. The molecule has 74 valence electrons. The van der Waals surface area contributed by atoms with Crippen LogP contribution in [0.25, 0.3) is 0 Å². The van der Waals surface area contributed by atoms with Crippen molar-refractivity contribution in [3.05, 3.63) is 0 Å². The van der Waals surface area contributed by atoms with Crippen LogP contribution in [-0.4, -0.2) is 30.1 Å². The largest absolute Gasteiger partial charge is 0.330 e. The summed E-state index contributed by atoms with van der Waals surface area (Å²) in [5.74, 6) is 0.672. The minimum atomic E-state index is -0.306. The molecule has 0 aliphatic carbocycles. The standard InChI is InChI=1S/C10H19N3/c1-10(2,8-12)13-5-3-9(7-11)4-6-13/h9H,3-7,11H2,1-2H3. The monoisotopic (exact) mass is 181 g/mol. The maximum atomic E-state index is 8.95. The van der Waals surface area contributed by atoms with Crippen molar-refractivity contribution in [3.8, 4) is 6.07 Å². The Morgan fingerprint density at radius 2 is 2.00 bits per heavy atom. The van der Waals surface area contributed by atoms with Crippen molar-refractivity contribution in [1.29, 1.82) is 5.26 Å². The summed E-state index contributed by atoms with van der Waals surface area (Å²) in [7, 11) is 0. The van der Waals surface area contributed by atoms with Gasteiger partial charge in [-0.25, -0.2) is 0 Å². The van der Waals surface area contributed by atoms with Gasteiger partial charge in [-0.2, -0.15) is 5.26 Å². The summed E-state index contributed by atoms with van der Waals surface area (Å²) in [6.07, 6.45) is 2.28. The Hall–Kier alpha value is -0.590. The lowest BCUT2D eigenvalue weighted by Gasteiger charge is -2.38. The van der Waals surface area contributed by atoms with Crippen molar-refractivity contribution in [3.63, 3.8) is 0 Å². The SMILES string of the molecule is CC(C)(C#N)N1CCC(CN)CC1. The third-order valence-corrected chi connectivity index (χ3v) is 3.01. The lowest BCUT2D eigenvalue weighted by molar-refractivity contribution is 0.113. The van der Waals surface area contributed by atoms with Gasteiger partial charge in [0.15, 0.2) is 0 Å². The Morgan fingerprint density at radius 3 is 2.38 bits per heavy atom. The number of likely N-dealkylation sites (tertiary alicyclic amines) is 1. The van der Waals surface area contributed by atoms with Crippen LogP contribution in [-0.2, 0) is 0 Å². The van der Waals surface area contributed by atoms with E-state index in [-0.39, 0.29) is 5.54 Å². The Bertz CT molecular complexity index is 197. The lowest BCUT2D eigenvalue weighted by atomic mass is 9.93. The number of nitrogens with two attached hydrogens (primary N) is 1. The van der Waals surface area contributed by atoms with Crippen molar-refractivity contribution in [2.24, 2.45) is 11.7 Å². The van der Waals surface area contributed by atoms with Gasteiger partial charge in [0, 0.05) is 0 Å². The number of hydrogen-bond acceptors (Lipinski definition) is 3. The van der Waals surface area contributed by atoms with Gasteiger partial charge in [0.2, 0.25) is 0 Å². The molecular formula is C10H19N3. The van der Waals surface area contributed by atoms with Crippen molar-refractivity contribution in [2.75, 3.05) is 19.6 Å². The van der Waals surface area contributed by atoms with Gasteiger partial charge < -0.3 is 5.73 Å². The first-order chi connectivity index (χ1) is 6.10. The second kappa shape index (κ2) is 4.08. The molecule has 0 radical (unpaired) electrons. The fourth-order valence-electron chi connectivity index (χ4n) is 1.80. The quantitative estimate of drug-likeness (QED) is 0.690. The average molecular weight is 181 g/mol. The van der Waals surface area contributed by atoms with Crippen molar-refractivity contribution < 1.29 is 0 Å². The second-order valence-electron chi connectivity index (χ2n) is 4.34. The van der Waals surface area contributed by atoms with Crippen LogP contribution in [0.1, 0.15) is 26.7 Å². The minimum absolute atomic E-state index is 0.306. The number of piperidine rings is 1. The highest BCUT2D eigenvalue weighted by Gasteiger charge is 2.29. The van der Waals surface area contributed by atoms with Crippen LogP contribution < -0.4 is 5.73 Å². The van der Waals surface area contributed by atoms with E-state index in [9.17, 15) is 0 Å². The van der Waals surface area contributed by atoms with E-state index < -0.39 is 0 Å². The third-order valence-electron chi connectivity index (χ3n) is 3.01. The topological polar surface area (TPSA) is 53.0 Å². The summed E-state index contributed by atoms with van der Waals surface area (Å²) >= 11 is 0. The van der Waals surface area contributed by atoms with E-state index in [1.54, 1.807) is 0 Å². The van der Waals surface area contributed by atoms with Gasteiger partial charge in [0.05, 0.1) is 6.07 Å². The predicted molar refractivity (Wildman–Crippen MR) is 53.0 cm³/mol. The van der Waals surface area contributed by atoms with Gasteiger partial charge in [0.25, 0.3) is 0 Å². The molecule has 0 bridgehead atoms. The van der Waals surface area contributed by atoms with Crippen molar-refractivity contribution in [2.45, 2.75) is 32.2 Å². The van der Waals surface area contributed by atoms with E-state index in [2.05, 4.69) is 11.0 Å². The molecule has 0 aromatic heterocycles. The second-order valence-corrected chi connectivity index (χ2v) is 4.34. The smallest absolute Gasteiger partial charge is 0.103 e. The average Bonchev–Trinajstić information content (AvgIpc) is 2.18. The summed E-state index contributed by atoms with van der Waals surface area (Å²) in [6.45, 7) is 6.79. The first kappa shape index (κ1) is 10.5. The number of nitrogens with zero attached hydrogens (tertiary/aromatic N) is 2. The molecule has 0 amide bonds. The summed E-state index contributed by atoms with van der Waals surface area (Å²) in [6, 6.07) is 2.34. The molecule has 1 aliphatic rings. The van der Waals surface area contributed by atoms with Gasteiger partial charge in [-0.1, -0.05) is 0 Å². The molecule has 1 aliphatic heterocycles. The van der Waals surface area contributed by atoms with Crippen molar-refractivity contribution >= 4 is 0 Å². The van der Waals surface area contributed by atoms with Crippen LogP contribution in [0.5, 0.6) is 0 Å². The van der Waals surface area contributed by atoms with Gasteiger partial charge in [-0.3, -0.25) is 4.90 Å². The molecule has 3 nitrogen and oxygen atoms in total. The molecule has 0 atom stereocenters. The van der Waals surface area contributed by atoms with Crippen LogP contribution in [0.3, 0.4) is 0 Å². The molecule has 2 N–H and O–H groups in total. The zero-order valence-electron chi connectivity index (χ0n) is 8.58. The van der Waals surface area contributed by atoms with E-state index >= 15 is 0 Å². The van der Waals surface area contributed by atoms with E-state index in [1.165, 1.54) is 0 Å². The van der Waals surface area contributed by atoms with E-state index in [0.717, 1.165) is 32.5 Å². The molecule has 1 heterocycles. The number of rotatable bonds is 2. The third kappa shape index (κ3) is 2.43. The molecule has 0 saturated carbocycles. The Balaban J connectivity index is 2.46. The zero-order chi connectivity index (χ0) is 9.90. The highest BCUT2D eigenvalue weighted by atomic mass is 15.2. The molecular weight excluding hydrogens is 162 g/mol.